The highest BCUT2D eigenvalue weighted by Gasteiger charge is 2.13. The molecule has 0 amide bonds. The zero-order valence-electron chi connectivity index (χ0n) is 10.5. The van der Waals surface area contributed by atoms with Gasteiger partial charge in [0.2, 0.25) is 0 Å². The number of ether oxygens (including phenoxy) is 1. The zero-order valence-corrected chi connectivity index (χ0v) is 10.5. The van der Waals surface area contributed by atoms with E-state index in [1.165, 1.54) is 12.1 Å². The molecule has 0 saturated heterocycles. The van der Waals surface area contributed by atoms with Gasteiger partial charge in [-0.3, -0.25) is 0 Å². The van der Waals surface area contributed by atoms with Crippen LogP contribution in [0.2, 0.25) is 0 Å². The first-order valence-corrected chi connectivity index (χ1v) is 6.17. The van der Waals surface area contributed by atoms with Crippen LogP contribution in [-0.4, -0.2) is 17.2 Å². The number of aromatic hydroxyl groups is 1. The van der Waals surface area contributed by atoms with Crippen molar-refractivity contribution in [2.24, 2.45) is 0 Å². The maximum atomic E-state index is 11.8. The van der Waals surface area contributed by atoms with Crippen molar-refractivity contribution < 1.29 is 14.6 Å². The van der Waals surface area contributed by atoms with Crippen LogP contribution >= 0.6 is 0 Å². The van der Waals surface area contributed by atoms with Gasteiger partial charge in [-0.05, 0) is 37.1 Å². The Morgan fingerprint density at radius 1 is 1.29 bits per heavy atom. The Labute approximate surface area is 102 Å². The highest BCUT2D eigenvalue weighted by atomic mass is 16.5. The van der Waals surface area contributed by atoms with Gasteiger partial charge < -0.3 is 9.84 Å². The zero-order chi connectivity index (χ0) is 12.7. The molecule has 1 unspecified atom stereocenters. The number of rotatable bonds is 6. The Morgan fingerprint density at radius 3 is 2.47 bits per heavy atom. The van der Waals surface area contributed by atoms with E-state index in [0.717, 1.165) is 25.7 Å². The molecule has 1 rings (SSSR count). The van der Waals surface area contributed by atoms with Gasteiger partial charge in [0.05, 0.1) is 5.56 Å². The van der Waals surface area contributed by atoms with Gasteiger partial charge in [0.15, 0.2) is 0 Å². The second kappa shape index (κ2) is 6.94. The third kappa shape index (κ3) is 4.47. The topological polar surface area (TPSA) is 46.5 Å². The Morgan fingerprint density at radius 2 is 1.94 bits per heavy atom. The maximum Gasteiger partial charge on any atom is 0.338 e. The summed E-state index contributed by atoms with van der Waals surface area (Å²) in [6.07, 6.45) is 3.92. The number of phenols is 1. The molecule has 0 heterocycles. The minimum absolute atomic E-state index is 0.00347. The van der Waals surface area contributed by atoms with E-state index < -0.39 is 0 Å². The number of carbonyl (C=O) groups is 1. The fraction of sp³-hybridized carbons (Fsp3) is 0.500. The van der Waals surface area contributed by atoms with Crippen LogP contribution in [0.1, 0.15) is 49.9 Å². The molecule has 0 aliphatic carbocycles. The minimum atomic E-state index is -0.312. The molecule has 1 aromatic carbocycles. The lowest BCUT2D eigenvalue weighted by Crippen LogP contribution is -2.17. The minimum Gasteiger partial charge on any atom is -0.508 e. The van der Waals surface area contributed by atoms with E-state index in [9.17, 15) is 4.79 Å². The molecule has 0 fully saturated rings. The molecule has 1 atom stereocenters. The molecule has 3 nitrogen and oxygen atoms in total. The van der Waals surface area contributed by atoms with E-state index in [2.05, 4.69) is 6.92 Å². The molecule has 3 heteroatoms. The van der Waals surface area contributed by atoms with Gasteiger partial charge in [-0.1, -0.05) is 26.7 Å². The SMILES string of the molecule is CCCCC(CC)OC(=O)c1ccc(O)cc1. The predicted molar refractivity (Wildman–Crippen MR) is 67.1 cm³/mol. The van der Waals surface area contributed by atoms with Crippen LogP contribution in [0, 0.1) is 0 Å². The quantitative estimate of drug-likeness (QED) is 0.769. The molecule has 0 bridgehead atoms. The van der Waals surface area contributed by atoms with Crippen LogP contribution in [0.15, 0.2) is 24.3 Å². The number of esters is 1. The van der Waals surface area contributed by atoms with Gasteiger partial charge in [0, 0.05) is 0 Å². The molecule has 0 saturated carbocycles. The molecule has 0 aliphatic rings. The van der Waals surface area contributed by atoms with E-state index in [4.69, 9.17) is 9.84 Å². The summed E-state index contributed by atoms with van der Waals surface area (Å²) in [6, 6.07) is 6.13. The van der Waals surface area contributed by atoms with Crippen LogP contribution in [0.25, 0.3) is 0 Å². The van der Waals surface area contributed by atoms with Crippen molar-refractivity contribution in [3.05, 3.63) is 29.8 Å². The van der Waals surface area contributed by atoms with Crippen molar-refractivity contribution in [2.45, 2.75) is 45.6 Å². The van der Waals surface area contributed by atoms with Gasteiger partial charge in [-0.15, -0.1) is 0 Å². The summed E-state index contributed by atoms with van der Waals surface area (Å²) >= 11 is 0. The van der Waals surface area contributed by atoms with Crippen LogP contribution in [0.5, 0.6) is 5.75 Å². The second-order valence-electron chi connectivity index (χ2n) is 4.12. The van der Waals surface area contributed by atoms with Crippen molar-refractivity contribution in [1.82, 2.24) is 0 Å². The average Bonchev–Trinajstić information content (AvgIpc) is 2.35. The third-order valence-electron chi connectivity index (χ3n) is 2.71. The molecule has 0 aliphatic heterocycles. The first-order chi connectivity index (χ1) is 8.17. The Hall–Kier alpha value is -1.51. The lowest BCUT2D eigenvalue weighted by molar-refractivity contribution is 0.0268. The first-order valence-electron chi connectivity index (χ1n) is 6.17. The van der Waals surface area contributed by atoms with Gasteiger partial charge in [0.1, 0.15) is 11.9 Å². The van der Waals surface area contributed by atoms with Crippen molar-refractivity contribution in [3.63, 3.8) is 0 Å². The van der Waals surface area contributed by atoms with E-state index >= 15 is 0 Å². The summed E-state index contributed by atoms with van der Waals surface area (Å²) in [5.74, 6) is -0.160. The third-order valence-corrected chi connectivity index (χ3v) is 2.71. The molecule has 1 aromatic rings. The van der Waals surface area contributed by atoms with Crippen molar-refractivity contribution in [1.29, 1.82) is 0 Å². The second-order valence-corrected chi connectivity index (χ2v) is 4.12. The highest BCUT2D eigenvalue weighted by molar-refractivity contribution is 5.89. The van der Waals surface area contributed by atoms with Crippen molar-refractivity contribution in [2.75, 3.05) is 0 Å². The largest absolute Gasteiger partial charge is 0.508 e. The Balaban J connectivity index is 2.54. The number of hydrogen-bond donors (Lipinski definition) is 1. The van der Waals surface area contributed by atoms with Crippen LogP contribution < -0.4 is 0 Å². The van der Waals surface area contributed by atoms with Crippen LogP contribution in [0.3, 0.4) is 0 Å². The molecule has 0 radical (unpaired) electrons. The lowest BCUT2D eigenvalue weighted by atomic mass is 10.1. The summed E-state index contributed by atoms with van der Waals surface area (Å²) in [4.78, 5) is 11.8. The molecule has 0 spiro atoms. The van der Waals surface area contributed by atoms with Gasteiger partial charge in [-0.25, -0.2) is 4.79 Å². The smallest absolute Gasteiger partial charge is 0.338 e. The van der Waals surface area contributed by atoms with E-state index in [-0.39, 0.29) is 17.8 Å². The molecular formula is C14H20O3. The first kappa shape index (κ1) is 13.6. The number of carbonyl (C=O) groups excluding carboxylic acids is 1. The summed E-state index contributed by atoms with van der Waals surface area (Å²) < 4.78 is 5.41. The standard InChI is InChI=1S/C14H20O3/c1-3-5-6-13(4-2)17-14(16)11-7-9-12(15)10-8-11/h7-10,13,15H,3-6H2,1-2H3. The van der Waals surface area contributed by atoms with E-state index in [0.29, 0.717) is 5.56 Å². The molecular weight excluding hydrogens is 216 g/mol. The Bertz CT molecular complexity index is 343. The fourth-order valence-corrected chi connectivity index (χ4v) is 1.60. The van der Waals surface area contributed by atoms with Crippen molar-refractivity contribution >= 4 is 5.97 Å². The number of phenolic OH excluding ortho intramolecular Hbond substituents is 1. The molecule has 0 aromatic heterocycles. The number of hydrogen-bond acceptors (Lipinski definition) is 3. The average molecular weight is 236 g/mol. The number of benzene rings is 1. The monoisotopic (exact) mass is 236 g/mol. The van der Waals surface area contributed by atoms with Gasteiger partial charge >= 0.3 is 5.97 Å². The summed E-state index contributed by atoms with van der Waals surface area (Å²) in [5.41, 5.74) is 0.484. The van der Waals surface area contributed by atoms with Crippen LogP contribution in [0.4, 0.5) is 0 Å². The molecule has 17 heavy (non-hydrogen) atoms. The van der Waals surface area contributed by atoms with Crippen molar-refractivity contribution in [3.8, 4) is 5.75 Å². The van der Waals surface area contributed by atoms with Crippen LogP contribution in [-0.2, 0) is 4.74 Å². The summed E-state index contributed by atoms with van der Waals surface area (Å²) in [5, 5.41) is 9.13. The number of unbranched alkanes of at least 4 members (excludes halogenated alkanes) is 1. The van der Waals surface area contributed by atoms with Gasteiger partial charge in [-0.2, -0.15) is 0 Å². The molecule has 1 N–H and O–H groups in total. The molecule has 94 valence electrons. The highest BCUT2D eigenvalue weighted by Crippen LogP contribution is 2.14. The Kier molecular flexibility index (Phi) is 5.53. The fourth-order valence-electron chi connectivity index (χ4n) is 1.60. The maximum absolute atomic E-state index is 11.8. The van der Waals surface area contributed by atoms with E-state index in [1.807, 2.05) is 6.92 Å². The summed E-state index contributed by atoms with van der Waals surface area (Å²) in [7, 11) is 0. The van der Waals surface area contributed by atoms with Gasteiger partial charge in [0.25, 0.3) is 0 Å². The predicted octanol–water partition coefficient (Wildman–Crippen LogP) is 3.52. The normalized spacial score (nSPS) is 12.1. The van der Waals surface area contributed by atoms with E-state index in [1.54, 1.807) is 12.1 Å². The lowest BCUT2D eigenvalue weighted by Gasteiger charge is -2.15. The summed E-state index contributed by atoms with van der Waals surface area (Å²) in [6.45, 7) is 4.14.